The van der Waals surface area contributed by atoms with Crippen molar-refractivity contribution in [1.29, 1.82) is 0 Å². The van der Waals surface area contributed by atoms with Crippen molar-refractivity contribution in [2.75, 3.05) is 24.9 Å². The van der Waals surface area contributed by atoms with Gasteiger partial charge < -0.3 is 9.64 Å². The number of fused-ring (bicyclic) bond motifs is 1. The van der Waals surface area contributed by atoms with E-state index in [-0.39, 0.29) is 15.9 Å². The normalized spacial score (nSPS) is 11.5. The Morgan fingerprint density at radius 1 is 1.14 bits per heavy atom. The van der Waals surface area contributed by atoms with Crippen LogP contribution in [0.2, 0.25) is 4.34 Å². The lowest BCUT2D eigenvalue weighted by atomic mass is 10.2. The van der Waals surface area contributed by atoms with Gasteiger partial charge in [-0.2, -0.15) is 5.10 Å². The van der Waals surface area contributed by atoms with Gasteiger partial charge in [-0.15, -0.1) is 11.3 Å². The molecule has 0 atom stereocenters. The molecule has 1 amide bonds. The number of anilines is 1. The molecule has 2 aromatic heterocycles. The van der Waals surface area contributed by atoms with Gasteiger partial charge in [0.1, 0.15) is 9.96 Å². The second-order valence-electron chi connectivity index (χ2n) is 7.69. The van der Waals surface area contributed by atoms with Gasteiger partial charge in [-0.3, -0.25) is 14.2 Å². The van der Waals surface area contributed by atoms with Crippen molar-refractivity contribution in [2.24, 2.45) is 0 Å². The first-order chi connectivity index (χ1) is 16.8. The van der Waals surface area contributed by atoms with E-state index in [1.54, 1.807) is 27.8 Å². The number of carbonyl (C=O) groups is 1. The molecule has 0 radical (unpaired) electrons. The predicted molar refractivity (Wildman–Crippen MR) is 139 cm³/mol. The molecule has 2 aromatic carbocycles. The Morgan fingerprint density at radius 2 is 1.91 bits per heavy atom. The van der Waals surface area contributed by atoms with Crippen molar-refractivity contribution in [3.8, 4) is 5.75 Å². The van der Waals surface area contributed by atoms with Crippen LogP contribution in [-0.4, -0.2) is 49.2 Å². The van der Waals surface area contributed by atoms with E-state index in [2.05, 4.69) is 9.82 Å². The number of nitrogens with zero attached hydrogens (tertiary/aromatic N) is 3. The number of benzene rings is 2. The Morgan fingerprint density at radius 3 is 2.57 bits per heavy atom. The van der Waals surface area contributed by atoms with Crippen molar-refractivity contribution in [2.45, 2.75) is 24.1 Å². The van der Waals surface area contributed by atoms with Gasteiger partial charge in [0, 0.05) is 25.2 Å². The standard InChI is InChI=1S/C24H25ClN4O4S2/c1-3-28(24(30)17-9-5-4-6-10-17)15-8-16-29-18-11-7-12-19(33-2)22(18)23(26-29)27-35(31,32)21-14-13-20(25)34-21/h4-7,9-14H,3,8,15-16H2,1-2H3,(H,26,27). The fraction of sp³-hybridized carbons (Fsp3) is 0.250. The third-order valence-electron chi connectivity index (χ3n) is 5.49. The zero-order valence-corrected chi connectivity index (χ0v) is 21.7. The minimum Gasteiger partial charge on any atom is -0.496 e. The van der Waals surface area contributed by atoms with Crippen molar-refractivity contribution in [3.63, 3.8) is 0 Å². The van der Waals surface area contributed by atoms with Crippen molar-refractivity contribution in [3.05, 3.63) is 70.6 Å². The van der Waals surface area contributed by atoms with Crippen molar-refractivity contribution < 1.29 is 17.9 Å². The number of amides is 1. The van der Waals surface area contributed by atoms with Crippen LogP contribution >= 0.6 is 22.9 Å². The number of halogens is 1. The molecular formula is C24H25ClN4O4S2. The van der Waals surface area contributed by atoms with Gasteiger partial charge in [0.15, 0.2) is 5.82 Å². The molecule has 8 nitrogen and oxygen atoms in total. The summed E-state index contributed by atoms with van der Waals surface area (Å²) in [7, 11) is -2.35. The van der Waals surface area contributed by atoms with E-state index in [0.717, 1.165) is 16.9 Å². The zero-order valence-electron chi connectivity index (χ0n) is 19.3. The first kappa shape index (κ1) is 25.0. The maximum Gasteiger partial charge on any atom is 0.272 e. The second kappa shape index (κ2) is 10.7. The Balaban J connectivity index is 1.57. The Kier molecular flexibility index (Phi) is 7.63. The van der Waals surface area contributed by atoms with E-state index >= 15 is 0 Å². The van der Waals surface area contributed by atoms with Gasteiger partial charge in [0.2, 0.25) is 0 Å². The number of sulfonamides is 1. The number of aryl methyl sites for hydroxylation is 1. The Hall–Kier alpha value is -3.08. The molecule has 4 aromatic rings. The highest BCUT2D eigenvalue weighted by Crippen LogP contribution is 2.34. The summed E-state index contributed by atoms with van der Waals surface area (Å²) >= 11 is 6.90. The first-order valence-corrected chi connectivity index (χ1v) is 13.7. The summed E-state index contributed by atoms with van der Waals surface area (Å²) in [5, 5.41) is 5.12. The van der Waals surface area contributed by atoms with E-state index in [0.29, 0.717) is 47.1 Å². The summed E-state index contributed by atoms with van der Waals surface area (Å²) in [4.78, 5) is 14.6. The van der Waals surface area contributed by atoms with E-state index in [4.69, 9.17) is 16.3 Å². The maximum atomic E-state index is 12.9. The molecule has 0 fully saturated rings. The molecule has 0 aliphatic rings. The summed E-state index contributed by atoms with van der Waals surface area (Å²) < 4.78 is 36.1. The van der Waals surface area contributed by atoms with Gasteiger partial charge in [0.05, 0.1) is 22.3 Å². The van der Waals surface area contributed by atoms with Crippen LogP contribution in [0.25, 0.3) is 10.9 Å². The number of nitrogens with one attached hydrogen (secondary N) is 1. The van der Waals surface area contributed by atoms with Crippen molar-refractivity contribution >= 4 is 55.6 Å². The number of carbonyl (C=O) groups excluding carboxylic acids is 1. The first-order valence-electron chi connectivity index (χ1n) is 11.0. The van der Waals surface area contributed by atoms with E-state index in [1.807, 2.05) is 37.3 Å². The highest BCUT2D eigenvalue weighted by Gasteiger charge is 2.23. The maximum absolute atomic E-state index is 12.9. The van der Waals surface area contributed by atoms with Gasteiger partial charge >= 0.3 is 0 Å². The van der Waals surface area contributed by atoms with Gasteiger partial charge in [0.25, 0.3) is 15.9 Å². The molecule has 0 saturated heterocycles. The fourth-order valence-electron chi connectivity index (χ4n) is 3.81. The fourth-order valence-corrected chi connectivity index (χ4v) is 6.30. The molecular weight excluding hydrogens is 508 g/mol. The van der Waals surface area contributed by atoms with Crippen molar-refractivity contribution in [1.82, 2.24) is 14.7 Å². The van der Waals surface area contributed by atoms with E-state index in [9.17, 15) is 13.2 Å². The molecule has 0 aliphatic carbocycles. The van der Waals surface area contributed by atoms with E-state index < -0.39 is 10.0 Å². The summed E-state index contributed by atoms with van der Waals surface area (Å²) in [6.07, 6.45) is 0.632. The molecule has 1 N–H and O–H groups in total. The van der Waals surface area contributed by atoms with Crippen LogP contribution in [0.15, 0.2) is 64.9 Å². The summed E-state index contributed by atoms with van der Waals surface area (Å²) in [6, 6.07) is 17.6. The average Bonchev–Trinajstić information content (AvgIpc) is 3.46. The molecule has 0 aliphatic heterocycles. The molecule has 184 valence electrons. The minimum atomic E-state index is -3.88. The SMILES string of the molecule is CCN(CCCn1nc(NS(=O)(=O)c2ccc(Cl)s2)c2c(OC)cccc21)C(=O)c1ccccc1. The predicted octanol–water partition coefficient (Wildman–Crippen LogP) is 5.11. The number of methoxy groups -OCH3 is 1. The third-order valence-corrected chi connectivity index (χ3v) is 8.55. The molecule has 11 heteroatoms. The highest BCUT2D eigenvalue weighted by atomic mass is 35.5. The van der Waals surface area contributed by atoms with Crippen LogP contribution in [0.4, 0.5) is 5.82 Å². The lowest BCUT2D eigenvalue weighted by molar-refractivity contribution is 0.0760. The summed E-state index contributed by atoms with van der Waals surface area (Å²) in [5.41, 5.74) is 1.37. The molecule has 0 spiro atoms. The van der Waals surface area contributed by atoms with Crippen LogP contribution < -0.4 is 9.46 Å². The van der Waals surface area contributed by atoms with Crippen LogP contribution in [0.3, 0.4) is 0 Å². The molecule has 0 bridgehead atoms. The van der Waals surface area contributed by atoms with Gasteiger partial charge in [-0.1, -0.05) is 35.9 Å². The van der Waals surface area contributed by atoms with Crippen LogP contribution in [0.1, 0.15) is 23.7 Å². The molecule has 0 unspecified atom stereocenters. The summed E-state index contributed by atoms with van der Waals surface area (Å²) in [6.45, 7) is 3.54. The van der Waals surface area contributed by atoms with Gasteiger partial charge in [-0.05, 0) is 49.7 Å². The highest BCUT2D eigenvalue weighted by molar-refractivity contribution is 7.94. The van der Waals surface area contributed by atoms with Crippen LogP contribution in [0.5, 0.6) is 5.75 Å². The number of ether oxygens (including phenoxy) is 1. The number of rotatable bonds is 10. The van der Waals surface area contributed by atoms with Gasteiger partial charge in [-0.25, -0.2) is 8.42 Å². The van der Waals surface area contributed by atoms with E-state index in [1.165, 1.54) is 19.2 Å². The molecule has 2 heterocycles. The number of hydrogen-bond donors (Lipinski definition) is 1. The molecule has 0 saturated carbocycles. The zero-order chi connectivity index (χ0) is 25.0. The summed E-state index contributed by atoms with van der Waals surface area (Å²) in [5.74, 6) is 0.655. The number of thiophene rings is 1. The van der Waals surface area contributed by atoms with Crippen LogP contribution in [-0.2, 0) is 16.6 Å². The minimum absolute atomic E-state index is 0.0249. The lowest BCUT2D eigenvalue weighted by Gasteiger charge is -2.21. The molecule has 4 rings (SSSR count). The number of hydrogen-bond acceptors (Lipinski definition) is 6. The quantitative estimate of drug-likeness (QED) is 0.306. The Labute approximate surface area is 213 Å². The smallest absolute Gasteiger partial charge is 0.272 e. The largest absolute Gasteiger partial charge is 0.496 e. The average molecular weight is 533 g/mol. The third kappa shape index (κ3) is 5.44. The lowest BCUT2D eigenvalue weighted by Crippen LogP contribution is -2.32. The second-order valence-corrected chi connectivity index (χ2v) is 11.3. The topological polar surface area (TPSA) is 93.5 Å². The number of aromatic nitrogens is 2. The Bertz CT molecular complexity index is 1430. The monoisotopic (exact) mass is 532 g/mol. The molecule has 35 heavy (non-hydrogen) atoms. The van der Waals surface area contributed by atoms with Crippen LogP contribution in [0, 0.1) is 0 Å².